The molecule has 1 atom stereocenters. The number of hydrogen-bond donors (Lipinski definition) is 3. The van der Waals surface area contributed by atoms with Crippen molar-refractivity contribution in [1.29, 1.82) is 0 Å². The maximum absolute atomic E-state index is 12.6. The summed E-state index contributed by atoms with van der Waals surface area (Å²) in [5.41, 5.74) is 2.47. The van der Waals surface area contributed by atoms with E-state index in [9.17, 15) is 9.59 Å². The normalized spacial score (nSPS) is 20.1. The Kier molecular flexibility index (Phi) is 5.60. The minimum Gasteiger partial charge on any atom is -0.324 e. The van der Waals surface area contributed by atoms with E-state index >= 15 is 0 Å². The Morgan fingerprint density at radius 3 is 2.61 bits per heavy atom. The standard InChI is InChI=1S/C21H27N5O2/c27-20(15-7-4-5-8-15)24-18-13-22-25-19(18)16-9-6-12-26(14-16)21(28)23-17-10-2-1-3-11-17/h1-3,10-11,13,15-16H,4-9,12,14H2,(H,22,25)(H,23,28)(H,24,27)/t16-/m1/s1. The van der Waals surface area contributed by atoms with E-state index in [1.807, 2.05) is 35.2 Å². The van der Waals surface area contributed by atoms with Crippen molar-refractivity contribution in [2.24, 2.45) is 5.92 Å². The van der Waals surface area contributed by atoms with Gasteiger partial charge in [0.15, 0.2) is 0 Å². The molecule has 0 spiro atoms. The van der Waals surface area contributed by atoms with Crippen molar-refractivity contribution in [1.82, 2.24) is 15.1 Å². The third-order valence-electron chi connectivity index (χ3n) is 5.79. The van der Waals surface area contributed by atoms with Gasteiger partial charge in [-0.3, -0.25) is 9.89 Å². The molecule has 4 rings (SSSR count). The van der Waals surface area contributed by atoms with Crippen LogP contribution in [0, 0.1) is 5.92 Å². The summed E-state index contributed by atoms with van der Waals surface area (Å²) in [4.78, 5) is 27.0. The number of hydrogen-bond acceptors (Lipinski definition) is 3. The maximum atomic E-state index is 12.6. The SMILES string of the molecule is O=C(Nc1cn[nH]c1[C@@H]1CCCN(C(=O)Nc2ccccc2)C1)C1CCCC1. The quantitative estimate of drug-likeness (QED) is 0.749. The summed E-state index contributed by atoms with van der Waals surface area (Å²) in [7, 11) is 0. The molecular formula is C21H27N5O2. The summed E-state index contributed by atoms with van der Waals surface area (Å²) < 4.78 is 0. The van der Waals surface area contributed by atoms with Gasteiger partial charge in [0.1, 0.15) is 0 Å². The van der Waals surface area contributed by atoms with Crippen LogP contribution in [0.3, 0.4) is 0 Å². The van der Waals surface area contributed by atoms with Crippen LogP contribution in [0.5, 0.6) is 0 Å². The highest BCUT2D eigenvalue weighted by Gasteiger charge is 2.29. The first-order valence-corrected chi connectivity index (χ1v) is 10.2. The Hall–Kier alpha value is -2.83. The molecule has 2 heterocycles. The molecule has 1 aromatic carbocycles. The summed E-state index contributed by atoms with van der Waals surface area (Å²) in [5.74, 6) is 0.341. The van der Waals surface area contributed by atoms with E-state index in [0.29, 0.717) is 6.54 Å². The highest BCUT2D eigenvalue weighted by Crippen LogP contribution is 2.32. The van der Waals surface area contributed by atoms with Crippen molar-refractivity contribution in [2.75, 3.05) is 23.7 Å². The van der Waals surface area contributed by atoms with Gasteiger partial charge in [0.25, 0.3) is 0 Å². The predicted octanol–water partition coefficient (Wildman–Crippen LogP) is 3.95. The number of anilines is 2. The lowest BCUT2D eigenvalue weighted by molar-refractivity contribution is -0.119. The number of nitrogens with zero attached hydrogens (tertiary/aromatic N) is 2. The Morgan fingerprint density at radius 2 is 1.82 bits per heavy atom. The number of aromatic amines is 1. The van der Waals surface area contributed by atoms with Crippen LogP contribution in [-0.2, 0) is 4.79 Å². The first kappa shape index (κ1) is 18.5. The van der Waals surface area contributed by atoms with Gasteiger partial charge in [0.2, 0.25) is 5.91 Å². The molecule has 1 saturated heterocycles. The largest absolute Gasteiger partial charge is 0.324 e. The predicted molar refractivity (Wildman–Crippen MR) is 108 cm³/mol. The maximum Gasteiger partial charge on any atom is 0.321 e. The number of benzene rings is 1. The van der Waals surface area contributed by atoms with Crippen LogP contribution in [0.1, 0.15) is 50.1 Å². The molecule has 1 aliphatic carbocycles. The lowest BCUT2D eigenvalue weighted by Gasteiger charge is -2.32. The van der Waals surface area contributed by atoms with Crippen molar-refractivity contribution in [3.8, 4) is 0 Å². The number of carbonyl (C=O) groups excluding carboxylic acids is 2. The Morgan fingerprint density at radius 1 is 1.04 bits per heavy atom. The molecule has 7 nitrogen and oxygen atoms in total. The molecule has 1 aliphatic heterocycles. The zero-order valence-electron chi connectivity index (χ0n) is 16.0. The van der Waals surface area contributed by atoms with Gasteiger partial charge in [-0.05, 0) is 37.8 Å². The molecule has 3 amide bonds. The fourth-order valence-corrected chi connectivity index (χ4v) is 4.25. The number of urea groups is 1. The van der Waals surface area contributed by atoms with E-state index in [4.69, 9.17) is 0 Å². The van der Waals surface area contributed by atoms with Crippen LogP contribution in [0.25, 0.3) is 0 Å². The van der Waals surface area contributed by atoms with Gasteiger partial charge in [-0.25, -0.2) is 4.79 Å². The van der Waals surface area contributed by atoms with Gasteiger partial charge in [-0.15, -0.1) is 0 Å². The first-order chi connectivity index (χ1) is 13.7. The zero-order chi connectivity index (χ0) is 19.3. The van der Waals surface area contributed by atoms with Gasteiger partial charge in [0, 0.05) is 30.6 Å². The van der Waals surface area contributed by atoms with Gasteiger partial charge in [-0.1, -0.05) is 31.0 Å². The molecule has 0 radical (unpaired) electrons. The summed E-state index contributed by atoms with van der Waals surface area (Å²) in [6, 6.07) is 9.39. The fraction of sp³-hybridized carbons (Fsp3) is 0.476. The summed E-state index contributed by atoms with van der Waals surface area (Å²) in [5, 5.41) is 13.2. The van der Waals surface area contributed by atoms with Crippen molar-refractivity contribution >= 4 is 23.3 Å². The second kappa shape index (κ2) is 8.46. The van der Waals surface area contributed by atoms with Gasteiger partial charge in [-0.2, -0.15) is 5.10 Å². The molecule has 2 fully saturated rings. The number of H-pyrrole nitrogens is 1. The van der Waals surface area contributed by atoms with Crippen molar-refractivity contribution in [2.45, 2.75) is 44.4 Å². The van der Waals surface area contributed by atoms with E-state index in [1.165, 1.54) is 0 Å². The lowest BCUT2D eigenvalue weighted by Crippen LogP contribution is -2.41. The average Bonchev–Trinajstić information content (AvgIpc) is 3.41. The van der Waals surface area contributed by atoms with Crippen LogP contribution in [0.4, 0.5) is 16.2 Å². The van der Waals surface area contributed by atoms with Crippen LogP contribution >= 0.6 is 0 Å². The molecule has 3 N–H and O–H groups in total. The number of rotatable bonds is 4. The third-order valence-corrected chi connectivity index (χ3v) is 5.79. The minimum atomic E-state index is -0.0908. The van der Waals surface area contributed by atoms with Crippen molar-refractivity contribution in [3.05, 3.63) is 42.2 Å². The molecular weight excluding hydrogens is 354 g/mol. The van der Waals surface area contributed by atoms with Gasteiger partial charge < -0.3 is 15.5 Å². The van der Waals surface area contributed by atoms with Crippen LogP contribution in [0.15, 0.2) is 36.5 Å². The number of nitrogens with one attached hydrogen (secondary N) is 3. The molecule has 2 aromatic rings. The summed E-state index contributed by atoms with van der Waals surface area (Å²) in [6.45, 7) is 1.33. The molecule has 148 valence electrons. The molecule has 1 saturated carbocycles. The summed E-state index contributed by atoms with van der Waals surface area (Å²) >= 11 is 0. The lowest BCUT2D eigenvalue weighted by atomic mass is 9.94. The van der Waals surface area contributed by atoms with Crippen LogP contribution in [-0.4, -0.2) is 40.1 Å². The molecule has 0 unspecified atom stereocenters. The minimum absolute atomic E-state index is 0.0908. The highest BCUT2D eigenvalue weighted by atomic mass is 16.2. The van der Waals surface area contributed by atoms with Crippen molar-refractivity contribution in [3.63, 3.8) is 0 Å². The van der Waals surface area contributed by atoms with E-state index in [1.54, 1.807) is 6.20 Å². The van der Waals surface area contributed by atoms with Crippen molar-refractivity contribution < 1.29 is 9.59 Å². The van der Waals surface area contributed by atoms with Crippen LogP contribution in [0.2, 0.25) is 0 Å². The average molecular weight is 381 g/mol. The Balaban J connectivity index is 1.40. The first-order valence-electron chi connectivity index (χ1n) is 10.2. The molecule has 1 aromatic heterocycles. The highest BCUT2D eigenvalue weighted by molar-refractivity contribution is 5.93. The molecule has 28 heavy (non-hydrogen) atoms. The third kappa shape index (κ3) is 4.18. The fourth-order valence-electron chi connectivity index (χ4n) is 4.25. The Labute approximate surface area is 164 Å². The van der Waals surface area contributed by atoms with Gasteiger partial charge >= 0.3 is 6.03 Å². The molecule has 0 bridgehead atoms. The monoisotopic (exact) mass is 381 g/mol. The van der Waals surface area contributed by atoms with E-state index in [2.05, 4.69) is 20.8 Å². The second-order valence-electron chi connectivity index (χ2n) is 7.75. The molecule has 2 aliphatic rings. The second-order valence-corrected chi connectivity index (χ2v) is 7.75. The summed E-state index contributed by atoms with van der Waals surface area (Å²) in [6.07, 6.45) is 7.76. The number of likely N-dealkylation sites (tertiary alicyclic amines) is 1. The number of amides is 3. The van der Waals surface area contributed by atoms with E-state index in [-0.39, 0.29) is 23.8 Å². The topological polar surface area (TPSA) is 90.1 Å². The number of carbonyl (C=O) groups is 2. The number of para-hydroxylation sites is 1. The van der Waals surface area contributed by atoms with Gasteiger partial charge in [0.05, 0.1) is 17.6 Å². The zero-order valence-corrected chi connectivity index (χ0v) is 16.0. The number of piperidine rings is 1. The number of aromatic nitrogens is 2. The van der Waals surface area contributed by atoms with E-state index in [0.717, 1.165) is 62.1 Å². The van der Waals surface area contributed by atoms with Crippen LogP contribution < -0.4 is 10.6 Å². The van der Waals surface area contributed by atoms with E-state index < -0.39 is 0 Å². The Bertz CT molecular complexity index is 813. The molecule has 7 heteroatoms. The smallest absolute Gasteiger partial charge is 0.321 e.